The first-order chi connectivity index (χ1) is 21.2. The van der Waals surface area contributed by atoms with Crippen LogP contribution in [0.2, 0.25) is 10.0 Å². The van der Waals surface area contributed by atoms with Gasteiger partial charge in [-0.1, -0.05) is 23.2 Å². The highest BCUT2D eigenvalue weighted by molar-refractivity contribution is 6.31. The minimum Gasteiger partial charge on any atom is -0.352 e. The summed E-state index contributed by atoms with van der Waals surface area (Å²) < 4.78 is 3.04. The lowest BCUT2D eigenvalue weighted by atomic mass is 10.1. The molecule has 0 aliphatic heterocycles. The van der Waals surface area contributed by atoms with E-state index in [2.05, 4.69) is 20.6 Å². The minimum atomic E-state index is -0.414. The first kappa shape index (κ1) is 27.3. The number of halogens is 2. The highest BCUT2D eigenvalue weighted by Crippen LogP contribution is 2.25. The molecule has 0 unspecified atom stereocenters. The fraction of sp³-hybridized carbons (Fsp3) is 0. The monoisotopic (exact) mass is 622 g/mol. The lowest BCUT2D eigenvalue weighted by molar-refractivity contribution is -0.115. The van der Waals surface area contributed by atoms with Crippen molar-refractivity contribution >= 4 is 68.2 Å². The van der Waals surface area contributed by atoms with Gasteiger partial charge in [-0.05, 0) is 84.9 Å². The maximum absolute atomic E-state index is 13.0. The van der Waals surface area contributed by atoms with Gasteiger partial charge in [-0.3, -0.25) is 18.7 Å². The largest absolute Gasteiger partial charge is 0.352 e. The molecule has 0 saturated heterocycles. The molecule has 0 amide bonds. The number of H-pyrrole nitrogens is 2. The Morgan fingerprint density at radius 2 is 0.909 bits per heavy atom. The Hall–Kier alpha value is -5.58. The maximum Gasteiger partial charge on any atom is 0.331 e. The maximum atomic E-state index is 13.0. The average Bonchev–Trinajstić information content (AvgIpc) is 3.50. The smallest absolute Gasteiger partial charge is 0.331 e. The molecule has 12 heteroatoms. The molecular weight excluding hydrogens is 603 g/mol. The van der Waals surface area contributed by atoms with E-state index in [4.69, 9.17) is 23.2 Å². The lowest BCUT2D eigenvalue weighted by Gasteiger charge is -2.16. The second-order valence-electron chi connectivity index (χ2n) is 10.0. The minimum absolute atomic E-state index is 0.0826. The van der Waals surface area contributed by atoms with Crippen molar-refractivity contribution in [3.05, 3.63) is 139 Å². The first-order valence-corrected chi connectivity index (χ1v) is 14.1. The molecule has 0 saturated carbocycles. The Labute approximate surface area is 257 Å². The summed E-state index contributed by atoms with van der Waals surface area (Å²) in [6.45, 7) is 0. The molecule has 1 aliphatic carbocycles. The van der Waals surface area contributed by atoms with Crippen LogP contribution in [-0.2, 0) is 9.59 Å². The van der Waals surface area contributed by atoms with E-state index in [-0.39, 0.29) is 22.8 Å². The fourth-order valence-corrected chi connectivity index (χ4v) is 5.39. The number of nitrogens with zero attached hydrogens (tertiary/aromatic N) is 2. The summed E-state index contributed by atoms with van der Waals surface area (Å²) in [5, 5.41) is 7.09. The van der Waals surface area contributed by atoms with Gasteiger partial charge in [0.1, 0.15) is 0 Å². The van der Waals surface area contributed by atoms with Crippen molar-refractivity contribution in [2.24, 2.45) is 0 Å². The van der Waals surface area contributed by atoms with E-state index >= 15 is 0 Å². The Balaban J connectivity index is 1.10. The zero-order valence-electron chi connectivity index (χ0n) is 22.5. The standard InChI is InChI=1S/C32H20Cl2N6O4/c33-17-1-7-21(8-2-17)39-27-11-5-19(13-23(27)37-31(39)43)35-25-15-30(42)26(16-29(25)41)36-20-6-12-28-24(14-20)38-32(44)40(28)22-9-3-18(34)4-10-22/h1-16,35-36H,(H,37,43)(H,38,44). The Morgan fingerprint density at radius 3 is 1.30 bits per heavy atom. The number of ketones is 2. The van der Waals surface area contributed by atoms with Crippen LogP contribution < -0.4 is 22.0 Å². The van der Waals surface area contributed by atoms with Gasteiger partial charge < -0.3 is 20.6 Å². The van der Waals surface area contributed by atoms with Crippen LogP contribution in [0.25, 0.3) is 33.4 Å². The van der Waals surface area contributed by atoms with E-state index in [0.717, 1.165) is 0 Å². The average molecular weight is 623 g/mol. The number of fused-ring (bicyclic) bond motifs is 2. The second-order valence-corrected chi connectivity index (χ2v) is 10.9. The topological polar surface area (TPSA) is 134 Å². The van der Waals surface area contributed by atoms with Gasteiger partial charge in [0, 0.05) is 33.6 Å². The summed E-state index contributed by atoms with van der Waals surface area (Å²) >= 11 is 12.0. The van der Waals surface area contributed by atoms with Gasteiger partial charge in [-0.25, -0.2) is 9.59 Å². The number of nitrogens with one attached hydrogen (secondary N) is 4. The Morgan fingerprint density at radius 1 is 0.523 bits per heavy atom. The van der Waals surface area contributed by atoms with Crippen molar-refractivity contribution in [2.45, 2.75) is 0 Å². The summed E-state index contributed by atoms with van der Waals surface area (Å²) in [5.74, 6) is -0.828. The van der Waals surface area contributed by atoms with Crippen molar-refractivity contribution in [1.29, 1.82) is 0 Å². The Kier molecular flexibility index (Phi) is 6.57. The number of benzene rings is 4. The van der Waals surface area contributed by atoms with E-state index in [1.165, 1.54) is 21.3 Å². The van der Waals surface area contributed by atoms with Crippen LogP contribution in [0.5, 0.6) is 0 Å². The highest BCUT2D eigenvalue weighted by atomic mass is 35.5. The molecule has 7 rings (SSSR count). The van der Waals surface area contributed by atoms with Crippen molar-refractivity contribution < 1.29 is 9.59 Å². The number of rotatable bonds is 6. The molecule has 10 nitrogen and oxygen atoms in total. The second kappa shape index (κ2) is 10.6. The van der Waals surface area contributed by atoms with Gasteiger partial charge in [0.25, 0.3) is 0 Å². The predicted molar refractivity (Wildman–Crippen MR) is 171 cm³/mol. The van der Waals surface area contributed by atoms with E-state index in [9.17, 15) is 19.2 Å². The SMILES string of the molecule is O=C1C=C(Nc2ccc3c(c2)[nH]c(=O)n3-c2ccc(Cl)cc2)C(=O)C=C1Nc1ccc2c(c1)[nH]c(=O)n2-c1ccc(Cl)cc1. The number of aromatic amines is 2. The van der Waals surface area contributed by atoms with Crippen molar-refractivity contribution in [3.63, 3.8) is 0 Å². The van der Waals surface area contributed by atoms with Crippen LogP contribution in [0, 0.1) is 0 Å². The molecule has 4 N–H and O–H groups in total. The van der Waals surface area contributed by atoms with Crippen LogP contribution in [0.3, 0.4) is 0 Å². The predicted octanol–water partition coefficient (Wildman–Crippen LogP) is 5.70. The Bertz CT molecular complexity index is 2160. The third-order valence-corrected chi connectivity index (χ3v) is 7.68. The summed E-state index contributed by atoms with van der Waals surface area (Å²) in [6, 6.07) is 24.0. The number of hydrogen-bond donors (Lipinski definition) is 4. The zero-order valence-corrected chi connectivity index (χ0v) is 24.0. The summed E-state index contributed by atoms with van der Waals surface area (Å²) in [5.41, 5.74) is 4.19. The molecule has 6 aromatic rings. The van der Waals surface area contributed by atoms with Gasteiger partial charge >= 0.3 is 11.4 Å². The number of carbonyl (C=O) groups excluding carboxylic acids is 2. The van der Waals surface area contributed by atoms with Crippen LogP contribution in [-0.4, -0.2) is 30.7 Å². The molecule has 0 fully saturated rings. The van der Waals surface area contributed by atoms with Crippen LogP contribution in [0.15, 0.2) is 118 Å². The number of allylic oxidation sites excluding steroid dienone is 2. The third-order valence-electron chi connectivity index (χ3n) is 7.17. The van der Waals surface area contributed by atoms with E-state index in [0.29, 0.717) is 54.9 Å². The molecule has 0 spiro atoms. The number of imidazole rings is 2. The molecule has 1 aliphatic rings. The third kappa shape index (κ3) is 4.91. The number of aromatic nitrogens is 4. The van der Waals surface area contributed by atoms with Gasteiger partial charge in [0.05, 0.1) is 44.8 Å². The van der Waals surface area contributed by atoms with Crippen LogP contribution in [0.4, 0.5) is 11.4 Å². The summed E-state index contributed by atoms with van der Waals surface area (Å²) in [4.78, 5) is 57.0. The van der Waals surface area contributed by atoms with Gasteiger partial charge in [0.15, 0.2) is 0 Å². The van der Waals surface area contributed by atoms with E-state index in [1.54, 1.807) is 84.9 Å². The normalized spacial score (nSPS) is 13.3. The van der Waals surface area contributed by atoms with E-state index in [1.807, 2.05) is 0 Å². The molecular formula is C32H20Cl2N6O4. The van der Waals surface area contributed by atoms with E-state index < -0.39 is 11.6 Å². The van der Waals surface area contributed by atoms with Crippen molar-refractivity contribution in [2.75, 3.05) is 10.6 Å². The van der Waals surface area contributed by atoms with Gasteiger partial charge in [-0.15, -0.1) is 0 Å². The van der Waals surface area contributed by atoms with Crippen LogP contribution >= 0.6 is 23.2 Å². The molecule has 44 heavy (non-hydrogen) atoms. The van der Waals surface area contributed by atoms with Gasteiger partial charge in [0.2, 0.25) is 11.6 Å². The fourth-order valence-electron chi connectivity index (χ4n) is 5.14. The van der Waals surface area contributed by atoms with Gasteiger partial charge in [-0.2, -0.15) is 0 Å². The molecule has 2 aromatic heterocycles. The van der Waals surface area contributed by atoms with Crippen molar-refractivity contribution in [3.8, 4) is 11.4 Å². The highest BCUT2D eigenvalue weighted by Gasteiger charge is 2.21. The first-order valence-electron chi connectivity index (χ1n) is 13.3. The quantitative estimate of drug-likeness (QED) is 0.176. The molecule has 4 aromatic carbocycles. The van der Waals surface area contributed by atoms with Crippen LogP contribution in [0.1, 0.15) is 0 Å². The number of carbonyl (C=O) groups is 2. The number of hydrogen-bond acceptors (Lipinski definition) is 6. The number of anilines is 2. The summed E-state index contributed by atoms with van der Waals surface area (Å²) in [7, 11) is 0. The summed E-state index contributed by atoms with van der Waals surface area (Å²) in [6.07, 6.45) is 2.43. The molecule has 0 radical (unpaired) electrons. The molecule has 2 heterocycles. The zero-order chi connectivity index (χ0) is 30.5. The molecule has 0 atom stereocenters. The molecule has 0 bridgehead atoms. The molecule has 216 valence electrons. The van der Waals surface area contributed by atoms with Crippen molar-refractivity contribution in [1.82, 2.24) is 19.1 Å². The lowest BCUT2D eigenvalue weighted by Crippen LogP contribution is -2.21.